The number of hydrogen-bond donors (Lipinski definition) is 0. The Kier molecular flexibility index (Phi) is 22.7. The maximum absolute atomic E-state index is 11.7. The number of aldehydes is 1. The Morgan fingerprint density at radius 2 is 1.17 bits per heavy atom. The van der Waals surface area contributed by atoms with E-state index in [1.165, 1.54) is 77.0 Å². The molecule has 0 saturated heterocycles. The van der Waals surface area contributed by atoms with E-state index in [0.29, 0.717) is 19.6 Å². The molecule has 0 bridgehead atoms. The van der Waals surface area contributed by atoms with Crippen molar-refractivity contribution < 1.29 is 14.3 Å². The molecule has 0 aromatic heterocycles. The van der Waals surface area contributed by atoms with Crippen LogP contribution in [0.4, 0.5) is 0 Å². The normalized spacial score (nSPS) is 11.1. The van der Waals surface area contributed by atoms with Crippen molar-refractivity contribution in [3.05, 3.63) is 0 Å². The molecule has 0 radical (unpaired) electrons. The summed E-state index contributed by atoms with van der Waals surface area (Å²) in [6.07, 6.45) is 21.4. The first-order valence-corrected chi connectivity index (χ1v) is 12.6. The van der Waals surface area contributed by atoms with E-state index in [-0.39, 0.29) is 5.97 Å². The summed E-state index contributed by atoms with van der Waals surface area (Å²) in [5, 5.41) is 0. The van der Waals surface area contributed by atoms with Gasteiger partial charge in [0, 0.05) is 13.0 Å². The molecule has 0 atom stereocenters. The molecule has 0 fully saturated rings. The summed E-state index contributed by atoms with van der Waals surface area (Å²) in [6.45, 7) is 7.22. The summed E-state index contributed by atoms with van der Waals surface area (Å²) < 4.78 is 5.33. The Bertz CT molecular complexity index is 360. The summed E-state index contributed by atoms with van der Waals surface area (Å²) >= 11 is 0. The molecule has 4 heteroatoms. The van der Waals surface area contributed by atoms with E-state index in [4.69, 9.17) is 4.74 Å². The Labute approximate surface area is 181 Å². The first kappa shape index (κ1) is 28.1. The van der Waals surface area contributed by atoms with Crippen molar-refractivity contribution in [3.8, 4) is 0 Å². The van der Waals surface area contributed by atoms with Gasteiger partial charge in [-0.2, -0.15) is 0 Å². The topological polar surface area (TPSA) is 46.6 Å². The molecule has 0 aromatic carbocycles. The van der Waals surface area contributed by atoms with Crippen LogP contribution in [0, 0.1) is 0 Å². The zero-order valence-electron chi connectivity index (χ0n) is 19.6. The van der Waals surface area contributed by atoms with Gasteiger partial charge in [0.1, 0.15) is 6.29 Å². The molecule has 4 nitrogen and oxygen atoms in total. The highest BCUT2D eigenvalue weighted by atomic mass is 16.5. The van der Waals surface area contributed by atoms with E-state index in [1.54, 1.807) is 0 Å². The second-order valence-corrected chi connectivity index (χ2v) is 8.39. The molecule has 0 spiro atoms. The summed E-state index contributed by atoms with van der Waals surface area (Å²) in [4.78, 5) is 24.8. The highest BCUT2D eigenvalue weighted by Crippen LogP contribution is 2.11. The number of hydrogen-bond acceptors (Lipinski definition) is 4. The van der Waals surface area contributed by atoms with Gasteiger partial charge < -0.3 is 9.53 Å². The third-order valence-corrected chi connectivity index (χ3v) is 5.53. The van der Waals surface area contributed by atoms with Crippen molar-refractivity contribution in [2.45, 2.75) is 123 Å². The van der Waals surface area contributed by atoms with Crippen molar-refractivity contribution in [2.24, 2.45) is 0 Å². The molecular weight excluding hydrogens is 362 g/mol. The molecule has 0 aliphatic carbocycles. The van der Waals surface area contributed by atoms with Crippen molar-refractivity contribution in [1.29, 1.82) is 0 Å². The first-order chi connectivity index (χ1) is 14.2. The molecule has 0 saturated carbocycles. The van der Waals surface area contributed by atoms with Crippen LogP contribution in [0.3, 0.4) is 0 Å². The van der Waals surface area contributed by atoms with Gasteiger partial charge in [-0.15, -0.1) is 0 Å². The number of rotatable bonds is 23. The molecule has 0 heterocycles. The quantitative estimate of drug-likeness (QED) is 0.107. The summed E-state index contributed by atoms with van der Waals surface area (Å²) in [5.41, 5.74) is 0. The minimum absolute atomic E-state index is 0.0712. The largest absolute Gasteiger partial charge is 0.466 e. The molecule has 0 aromatic rings. The van der Waals surface area contributed by atoms with Crippen LogP contribution in [0.5, 0.6) is 0 Å². The average Bonchev–Trinajstić information content (AvgIpc) is 2.72. The summed E-state index contributed by atoms with van der Waals surface area (Å²) in [7, 11) is 0. The van der Waals surface area contributed by atoms with Gasteiger partial charge in [-0.05, 0) is 25.8 Å². The molecule has 0 N–H and O–H groups in total. The van der Waals surface area contributed by atoms with Crippen LogP contribution in [-0.2, 0) is 14.3 Å². The van der Waals surface area contributed by atoms with Crippen molar-refractivity contribution >= 4 is 12.3 Å². The van der Waals surface area contributed by atoms with Gasteiger partial charge in [0.05, 0.1) is 13.2 Å². The number of ether oxygens (including phenoxy) is 1. The number of carbonyl (C=O) groups is 2. The average molecular weight is 412 g/mol. The Morgan fingerprint density at radius 3 is 1.72 bits per heavy atom. The molecule has 0 amide bonds. The number of nitrogens with zero attached hydrogens (tertiary/aromatic N) is 1. The molecule has 29 heavy (non-hydrogen) atoms. The van der Waals surface area contributed by atoms with E-state index in [9.17, 15) is 9.59 Å². The molecule has 0 aliphatic heterocycles. The van der Waals surface area contributed by atoms with E-state index in [2.05, 4.69) is 18.7 Å². The first-order valence-electron chi connectivity index (χ1n) is 12.6. The van der Waals surface area contributed by atoms with Gasteiger partial charge >= 0.3 is 5.97 Å². The number of carbonyl (C=O) groups excluding carboxylic acids is 2. The van der Waals surface area contributed by atoms with Crippen LogP contribution in [0.2, 0.25) is 0 Å². The van der Waals surface area contributed by atoms with E-state index in [0.717, 1.165) is 45.1 Å². The van der Waals surface area contributed by atoms with Crippen molar-refractivity contribution in [3.63, 3.8) is 0 Å². The third kappa shape index (κ3) is 21.6. The van der Waals surface area contributed by atoms with Gasteiger partial charge in [-0.1, -0.05) is 97.3 Å². The van der Waals surface area contributed by atoms with Crippen molar-refractivity contribution in [1.82, 2.24) is 4.90 Å². The summed E-state index contributed by atoms with van der Waals surface area (Å²) in [5.74, 6) is -0.0712. The Balaban J connectivity index is 3.57. The minimum Gasteiger partial charge on any atom is -0.466 e. The monoisotopic (exact) mass is 411 g/mol. The van der Waals surface area contributed by atoms with Crippen LogP contribution in [0.25, 0.3) is 0 Å². The Hall–Kier alpha value is -0.900. The minimum atomic E-state index is -0.0712. The van der Waals surface area contributed by atoms with Crippen LogP contribution < -0.4 is 0 Å². The third-order valence-electron chi connectivity index (χ3n) is 5.53. The lowest BCUT2D eigenvalue weighted by atomic mass is 10.1. The lowest BCUT2D eigenvalue weighted by Crippen LogP contribution is -2.29. The second kappa shape index (κ2) is 23.4. The van der Waals surface area contributed by atoms with Crippen LogP contribution >= 0.6 is 0 Å². The van der Waals surface area contributed by atoms with Gasteiger partial charge in [-0.25, -0.2) is 0 Å². The number of unbranched alkanes of at least 4 members (excludes halogenated alkanes) is 13. The lowest BCUT2D eigenvalue weighted by Gasteiger charge is -2.19. The fourth-order valence-corrected chi connectivity index (χ4v) is 3.64. The number of esters is 1. The molecule has 0 aliphatic rings. The highest BCUT2D eigenvalue weighted by molar-refractivity contribution is 5.69. The highest BCUT2D eigenvalue weighted by Gasteiger charge is 2.06. The zero-order chi connectivity index (χ0) is 21.4. The van der Waals surface area contributed by atoms with Crippen LogP contribution in [0.15, 0.2) is 0 Å². The van der Waals surface area contributed by atoms with Gasteiger partial charge in [0.15, 0.2) is 0 Å². The van der Waals surface area contributed by atoms with E-state index < -0.39 is 0 Å². The van der Waals surface area contributed by atoms with Crippen LogP contribution in [-0.4, -0.2) is 43.4 Å². The molecule has 0 unspecified atom stereocenters. The second-order valence-electron chi connectivity index (χ2n) is 8.39. The lowest BCUT2D eigenvalue weighted by molar-refractivity contribution is -0.144. The van der Waals surface area contributed by atoms with Crippen molar-refractivity contribution in [2.75, 3.05) is 26.2 Å². The molecule has 172 valence electrons. The van der Waals surface area contributed by atoms with Crippen LogP contribution in [0.1, 0.15) is 123 Å². The fourth-order valence-electron chi connectivity index (χ4n) is 3.64. The Morgan fingerprint density at radius 1 is 0.690 bits per heavy atom. The molecule has 0 rings (SSSR count). The maximum atomic E-state index is 11.7. The zero-order valence-corrected chi connectivity index (χ0v) is 19.6. The van der Waals surface area contributed by atoms with Gasteiger partial charge in [0.2, 0.25) is 0 Å². The summed E-state index contributed by atoms with van der Waals surface area (Å²) in [6, 6.07) is 0. The predicted molar refractivity (Wildman–Crippen MR) is 123 cm³/mol. The van der Waals surface area contributed by atoms with Gasteiger partial charge in [-0.3, -0.25) is 9.69 Å². The smallest absolute Gasteiger partial charge is 0.305 e. The van der Waals surface area contributed by atoms with E-state index in [1.807, 2.05) is 0 Å². The molecular formula is C25H49NO3. The van der Waals surface area contributed by atoms with E-state index >= 15 is 0 Å². The fraction of sp³-hybridized carbons (Fsp3) is 0.920. The predicted octanol–water partition coefficient (Wildman–Crippen LogP) is 6.70. The van der Waals surface area contributed by atoms with Gasteiger partial charge in [0.25, 0.3) is 0 Å². The maximum Gasteiger partial charge on any atom is 0.305 e. The SMILES string of the molecule is CCCCCCCCCCCCN(CC=O)CCCOC(=O)CCCCCCC. The standard InChI is InChI=1S/C25H49NO3/c1-3-5-7-9-10-11-12-13-15-17-20-26(22-23-27)21-18-24-29-25(28)19-16-14-8-6-4-2/h23H,3-22,24H2,1-2H3.